The highest BCUT2D eigenvalue weighted by Gasteiger charge is 2.09. The molecule has 0 saturated carbocycles. The van der Waals surface area contributed by atoms with Crippen LogP contribution in [0.5, 0.6) is 0 Å². The molecule has 18 heavy (non-hydrogen) atoms. The zero-order valence-electron chi connectivity index (χ0n) is 11.9. The number of pyridine rings is 1. The van der Waals surface area contributed by atoms with E-state index in [1.807, 2.05) is 6.20 Å². The monoisotopic (exact) mass is 313 g/mol. The first kappa shape index (κ1) is 15.6. The second-order valence-corrected chi connectivity index (χ2v) is 6.32. The molecule has 0 aromatic carbocycles. The summed E-state index contributed by atoms with van der Waals surface area (Å²) in [4.78, 5) is 9.15. The Morgan fingerprint density at radius 3 is 2.44 bits per heavy atom. The van der Waals surface area contributed by atoms with E-state index in [9.17, 15) is 0 Å². The molecule has 0 atom stereocenters. The van der Waals surface area contributed by atoms with Gasteiger partial charge >= 0.3 is 0 Å². The van der Waals surface area contributed by atoms with E-state index in [1.54, 1.807) is 0 Å². The zero-order chi connectivity index (χ0) is 13.5. The second-order valence-electron chi connectivity index (χ2n) is 5.40. The van der Waals surface area contributed by atoms with Crippen molar-refractivity contribution in [1.29, 1.82) is 0 Å². The van der Waals surface area contributed by atoms with E-state index in [-0.39, 0.29) is 0 Å². The number of nitrogens with zero attached hydrogens (tertiary/aromatic N) is 3. The summed E-state index contributed by atoms with van der Waals surface area (Å²) in [6, 6.07) is 4.15. The summed E-state index contributed by atoms with van der Waals surface area (Å²) >= 11 is 3.42. The summed E-state index contributed by atoms with van der Waals surface area (Å²) < 4.78 is 1.04. The predicted molar refractivity (Wildman–Crippen MR) is 80.6 cm³/mol. The number of rotatable bonds is 7. The van der Waals surface area contributed by atoms with E-state index < -0.39 is 0 Å². The molecule has 0 amide bonds. The molecule has 0 spiro atoms. The van der Waals surface area contributed by atoms with Crippen LogP contribution in [-0.2, 0) is 6.54 Å². The first-order valence-corrected chi connectivity index (χ1v) is 7.24. The van der Waals surface area contributed by atoms with Gasteiger partial charge in [0.25, 0.3) is 0 Å². The fourth-order valence-electron chi connectivity index (χ4n) is 1.82. The quantitative estimate of drug-likeness (QED) is 0.771. The Hall–Kier alpha value is -0.450. The molecule has 1 aromatic heterocycles. The Labute approximate surface area is 119 Å². The molecule has 0 unspecified atom stereocenters. The first-order chi connectivity index (χ1) is 8.47. The summed E-state index contributed by atoms with van der Waals surface area (Å²) in [6.07, 6.45) is 1.87. The van der Waals surface area contributed by atoms with Crippen LogP contribution in [0, 0.1) is 5.92 Å². The molecule has 1 heterocycles. The summed E-state index contributed by atoms with van der Waals surface area (Å²) in [7, 11) is 4.23. The lowest BCUT2D eigenvalue weighted by molar-refractivity contribution is 0.209. The molecule has 1 aromatic rings. The number of hydrogen-bond donors (Lipinski definition) is 0. The number of aromatic nitrogens is 1. The third kappa shape index (κ3) is 6.47. The van der Waals surface area contributed by atoms with Gasteiger partial charge in [-0.05, 0) is 48.1 Å². The van der Waals surface area contributed by atoms with Gasteiger partial charge in [-0.1, -0.05) is 13.8 Å². The summed E-state index contributed by atoms with van der Waals surface area (Å²) in [5.41, 5.74) is 1.14. The Morgan fingerprint density at radius 1 is 1.22 bits per heavy atom. The van der Waals surface area contributed by atoms with Gasteiger partial charge in [-0.15, -0.1) is 0 Å². The van der Waals surface area contributed by atoms with Crippen LogP contribution in [0.3, 0.4) is 0 Å². The Morgan fingerprint density at radius 2 is 1.94 bits per heavy atom. The van der Waals surface area contributed by atoms with Crippen LogP contribution >= 0.6 is 15.9 Å². The van der Waals surface area contributed by atoms with E-state index >= 15 is 0 Å². The maximum Gasteiger partial charge on any atom is 0.0544 e. The van der Waals surface area contributed by atoms with Crippen LogP contribution in [0.4, 0.5) is 0 Å². The Bertz CT molecular complexity index is 335. The van der Waals surface area contributed by atoms with E-state index in [4.69, 9.17) is 0 Å². The highest BCUT2D eigenvalue weighted by atomic mass is 79.9. The molecule has 102 valence electrons. The highest BCUT2D eigenvalue weighted by Crippen LogP contribution is 2.10. The third-order valence-corrected chi connectivity index (χ3v) is 3.13. The SMILES string of the molecule is CC(C)CN(CCN(C)C)Cc1ccc(Br)cn1. The molecule has 4 heteroatoms. The Balaban J connectivity index is 2.56. The zero-order valence-corrected chi connectivity index (χ0v) is 13.4. The fraction of sp³-hybridized carbons (Fsp3) is 0.643. The molecular formula is C14H24BrN3. The van der Waals surface area contributed by atoms with Crippen LogP contribution in [0.2, 0.25) is 0 Å². The average Bonchev–Trinajstić information content (AvgIpc) is 2.28. The van der Waals surface area contributed by atoms with Crippen LogP contribution in [-0.4, -0.2) is 48.5 Å². The van der Waals surface area contributed by atoms with Gasteiger partial charge in [0, 0.05) is 36.8 Å². The van der Waals surface area contributed by atoms with Gasteiger partial charge in [0.15, 0.2) is 0 Å². The van der Waals surface area contributed by atoms with Crippen molar-refractivity contribution in [2.24, 2.45) is 5.92 Å². The maximum atomic E-state index is 4.45. The number of halogens is 1. The van der Waals surface area contributed by atoms with Crippen molar-refractivity contribution in [3.8, 4) is 0 Å². The van der Waals surface area contributed by atoms with E-state index in [0.717, 1.165) is 36.3 Å². The lowest BCUT2D eigenvalue weighted by atomic mass is 10.2. The van der Waals surface area contributed by atoms with Crippen molar-refractivity contribution in [2.75, 3.05) is 33.7 Å². The van der Waals surface area contributed by atoms with Crippen molar-refractivity contribution in [1.82, 2.24) is 14.8 Å². The van der Waals surface area contributed by atoms with Crippen LogP contribution in [0.1, 0.15) is 19.5 Å². The van der Waals surface area contributed by atoms with E-state index in [2.05, 4.69) is 70.8 Å². The minimum absolute atomic E-state index is 0.683. The number of likely N-dealkylation sites (N-methyl/N-ethyl adjacent to an activating group) is 1. The largest absolute Gasteiger partial charge is 0.308 e. The standard InChI is InChI=1S/C14H24BrN3/c1-12(2)10-18(8-7-17(3)4)11-14-6-5-13(15)9-16-14/h5-6,9,12H,7-8,10-11H2,1-4H3. The molecule has 0 saturated heterocycles. The minimum atomic E-state index is 0.683. The second kappa shape index (κ2) is 7.87. The molecule has 3 nitrogen and oxygen atoms in total. The van der Waals surface area contributed by atoms with Gasteiger partial charge in [-0.3, -0.25) is 9.88 Å². The molecular weight excluding hydrogens is 290 g/mol. The molecule has 0 aliphatic carbocycles. The normalized spacial score (nSPS) is 11.8. The third-order valence-electron chi connectivity index (χ3n) is 2.66. The van der Waals surface area contributed by atoms with Gasteiger partial charge < -0.3 is 4.90 Å². The smallest absolute Gasteiger partial charge is 0.0544 e. The first-order valence-electron chi connectivity index (χ1n) is 6.45. The Kier molecular flexibility index (Phi) is 6.82. The maximum absolute atomic E-state index is 4.45. The number of hydrogen-bond acceptors (Lipinski definition) is 3. The van der Waals surface area contributed by atoms with Crippen molar-refractivity contribution in [3.05, 3.63) is 28.5 Å². The van der Waals surface area contributed by atoms with Crippen molar-refractivity contribution >= 4 is 15.9 Å². The molecule has 1 rings (SSSR count). The fourth-order valence-corrected chi connectivity index (χ4v) is 2.06. The molecule has 0 fully saturated rings. The van der Waals surface area contributed by atoms with E-state index in [1.165, 1.54) is 0 Å². The molecule has 0 aliphatic heterocycles. The van der Waals surface area contributed by atoms with Gasteiger partial charge in [0.05, 0.1) is 5.69 Å². The topological polar surface area (TPSA) is 19.4 Å². The average molecular weight is 314 g/mol. The van der Waals surface area contributed by atoms with Gasteiger partial charge in [-0.2, -0.15) is 0 Å². The molecule has 0 N–H and O–H groups in total. The van der Waals surface area contributed by atoms with Crippen molar-refractivity contribution in [2.45, 2.75) is 20.4 Å². The molecule has 0 aliphatic rings. The summed E-state index contributed by atoms with van der Waals surface area (Å²) in [5.74, 6) is 0.683. The van der Waals surface area contributed by atoms with Crippen molar-refractivity contribution < 1.29 is 0 Å². The van der Waals surface area contributed by atoms with Gasteiger partial charge in [-0.25, -0.2) is 0 Å². The molecule has 0 radical (unpaired) electrons. The van der Waals surface area contributed by atoms with Crippen LogP contribution in [0.25, 0.3) is 0 Å². The van der Waals surface area contributed by atoms with Gasteiger partial charge in [0.1, 0.15) is 0 Å². The molecule has 0 bridgehead atoms. The summed E-state index contributed by atoms with van der Waals surface area (Å²) in [6.45, 7) is 8.74. The van der Waals surface area contributed by atoms with Crippen LogP contribution < -0.4 is 0 Å². The lowest BCUT2D eigenvalue weighted by Gasteiger charge is -2.25. The van der Waals surface area contributed by atoms with Crippen LogP contribution in [0.15, 0.2) is 22.8 Å². The lowest BCUT2D eigenvalue weighted by Crippen LogP contribution is -2.34. The minimum Gasteiger partial charge on any atom is -0.308 e. The highest BCUT2D eigenvalue weighted by molar-refractivity contribution is 9.10. The predicted octanol–water partition coefficient (Wildman–Crippen LogP) is 2.86. The summed E-state index contributed by atoms with van der Waals surface area (Å²) in [5, 5.41) is 0. The van der Waals surface area contributed by atoms with E-state index in [0.29, 0.717) is 5.92 Å². The van der Waals surface area contributed by atoms with Crippen molar-refractivity contribution in [3.63, 3.8) is 0 Å². The van der Waals surface area contributed by atoms with Gasteiger partial charge in [0.2, 0.25) is 0 Å².